The highest BCUT2D eigenvalue weighted by Gasteiger charge is 2.39. The van der Waals surface area contributed by atoms with Crippen LogP contribution in [0.4, 0.5) is 0 Å². The molecule has 0 amide bonds. The highest BCUT2D eigenvalue weighted by atomic mass is 16.5. The van der Waals surface area contributed by atoms with Crippen molar-refractivity contribution in [1.29, 1.82) is 0 Å². The molecule has 1 unspecified atom stereocenters. The van der Waals surface area contributed by atoms with Gasteiger partial charge in [-0.3, -0.25) is 4.79 Å². The molecule has 5 rings (SSSR count). The number of hydrogen-bond donors (Lipinski definition) is 1. The number of piperidine rings is 1. The lowest BCUT2D eigenvalue weighted by Gasteiger charge is -2.32. The summed E-state index contributed by atoms with van der Waals surface area (Å²) in [6.45, 7) is 0. The van der Waals surface area contributed by atoms with Crippen LogP contribution in [-0.2, 0) is 9.53 Å². The van der Waals surface area contributed by atoms with Crippen molar-refractivity contribution >= 4 is 5.97 Å². The van der Waals surface area contributed by atoms with Crippen molar-refractivity contribution in [1.82, 2.24) is 5.32 Å². The van der Waals surface area contributed by atoms with Crippen LogP contribution >= 0.6 is 0 Å². The van der Waals surface area contributed by atoms with Crippen molar-refractivity contribution in [2.45, 2.75) is 49.8 Å². The zero-order valence-corrected chi connectivity index (χ0v) is 14.0. The molecule has 3 aliphatic heterocycles. The van der Waals surface area contributed by atoms with E-state index in [1.54, 1.807) is 0 Å². The average molecular weight is 335 g/mol. The van der Waals surface area contributed by atoms with Crippen molar-refractivity contribution in [3.8, 4) is 11.5 Å². The van der Waals surface area contributed by atoms with E-state index in [0.717, 1.165) is 35.5 Å². The van der Waals surface area contributed by atoms with E-state index in [4.69, 9.17) is 9.47 Å². The van der Waals surface area contributed by atoms with E-state index in [-0.39, 0.29) is 12.1 Å². The highest BCUT2D eigenvalue weighted by molar-refractivity contribution is 5.85. The maximum atomic E-state index is 13.1. The third-order valence-corrected chi connectivity index (χ3v) is 5.63. The zero-order valence-electron chi connectivity index (χ0n) is 14.0. The first-order valence-electron chi connectivity index (χ1n) is 9.10. The Bertz CT molecular complexity index is 761. The Balaban J connectivity index is 1.45. The molecule has 1 N–H and O–H groups in total. The van der Waals surface area contributed by atoms with Crippen LogP contribution < -0.4 is 10.1 Å². The second kappa shape index (κ2) is 5.88. The van der Waals surface area contributed by atoms with Crippen LogP contribution in [0.5, 0.6) is 11.5 Å². The molecule has 3 atom stereocenters. The van der Waals surface area contributed by atoms with Gasteiger partial charge >= 0.3 is 5.97 Å². The van der Waals surface area contributed by atoms with Gasteiger partial charge in [0.15, 0.2) is 0 Å². The maximum Gasteiger partial charge on any atom is 0.318 e. The number of carbonyl (C=O) groups excluding carboxylic acids is 1. The summed E-state index contributed by atoms with van der Waals surface area (Å²) < 4.78 is 12.0. The highest BCUT2D eigenvalue weighted by Crippen LogP contribution is 2.44. The quantitative estimate of drug-likeness (QED) is 0.849. The van der Waals surface area contributed by atoms with Crippen LogP contribution in [0.3, 0.4) is 0 Å². The predicted molar refractivity (Wildman–Crippen MR) is 93.9 cm³/mol. The van der Waals surface area contributed by atoms with Crippen LogP contribution in [0.2, 0.25) is 0 Å². The monoisotopic (exact) mass is 335 g/mol. The number of fused-ring (bicyclic) bond motifs is 4. The van der Waals surface area contributed by atoms with Crippen LogP contribution in [0.25, 0.3) is 0 Å². The van der Waals surface area contributed by atoms with E-state index in [0.29, 0.717) is 12.1 Å². The lowest BCUT2D eigenvalue weighted by Crippen LogP contribution is -2.42. The molecule has 2 aromatic carbocycles. The maximum absolute atomic E-state index is 13.1. The number of esters is 1. The molecule has 0 saturated carbocycles. The van der Waals surface area contributed by atoms with Gasteiger partial charge in [-0.2, -0.15) is 0 Å². The standard InChI is InChI=1S/C21H21NO3/c23-21(24-15-11-13-9-10-14(12-15)22-13)20-16-5-1-3-7-18(16)25-19-8-4-2-6-17(19)20/h1-8,13-15,20,22H,9-12H2/t13-,14+,15?. The molecule has 0 radical (unpaired) electrons. The summed E-state index contributed by atoms with van der Waals surface area (Å²) in [7, 11) is 0. The van der Waals surface area contributed by atoms with Gasteiger partial charge in [0.05, 0.1) is 0 Å². The molecule has 2 saturated heterocycles. The summed E-state index contributed by atoms with van der Waals surface area (Å²) in [5.74, 6) is 0.922. The second-order valence-corrected chi connectivity index (χ2v) is 7.28. The van der Waals surface area contributed by atoms with Crippen LogP contribution in [0.1, 0.15) is 42.7 Å². The summed E-state index contributed by atoms with van der Waals surface area (Å²) >= 11 is 0. The molecule has 0 spiro atoms. The number of hydrogen-bond acceptors (Lipinski definition) is 4. The Kier molecular flexibility index (Phi) is 3.52. The van der Waals surface area contributed by atoms with Gasteiger partial charge in [-0.05, 0) is 37.8 Å². The van der Waals surface area contributed by atoms with E-state index in [9.17, 15) is 4.79 Å². The van der Waals surface area contributed by atoms with Gasteiger partial charge in [0.1, 0.15) is 23.5 Å². The van der Waals surface area contributed by atoms with Gasteiger partial charge < -0.3 is 14.8 Å². The van der Waals surface area contributed by atoms with Crippen LogP contribution in [-0.4, -0.2) is 24.2 Å². The average Bonchev–Trinajstić information content (AvgIpc) is 2.97. The molecule has 0 aromatic heterocycles. The Labute approximate surface area is 147 Å². The Morgan fingerprint density at radius 3 is 2.08 bits per heavy atom. The third-order valence-electron chi connectivity index (χ3n) is 5.63. The Morgan fingerprint density at radius 2 is 1.48 bits per heavy atom. The van der Waals surface area contributed by atoms with E-state index in [2.05, 4.69) is 5.32 Å². The first-order valence-corrected chi connectivity index (χ1v) is 9.10. The molecule has 0 aliphatic carbocycles. The van der Waals surface area contributed by atoms with E-state index in [1.165, 1.54) is 12.8 Å². The van der Waals surface area contributed by atoms with Crippen molar-refractivity contribution in [3.63, 3.8) is 0 Å². The van der Waals surface area contributed by atoms with Crippen molar-refractivity contribution in [2.75, 3.05) is 0 Å². The fourth-order valence-corrected chi connectivity index (χ4v) is 4.50. The van der Waals surface area contributed by atoms with E-state index in [1.807, 2.05) is 48.5 Å². The topological polar surface area (TPSA) is 47.6 Å². The second-order valence-electron chi connectivity index (χ2n) is 7.28. The summed E-state index contributed by atoms with van der Waals surface area (Å²) in [6, 6.07) is 16.5. The van der Waals surface area contributed by atoms with Crippen molar-refractivity contribution in [3.05, 3.63) is 59.7 Å². The Hall–Kier alpha value is -2.33. The molecule has 3 aliphatic rings. The van der Waals surface area contributed by atoms with Gasteiger partial charge in [0, 0.05) is 23.2 Å². The number of nitrogens with one attached hydrogen (secondary N) is 1. The normalized spacial score (nSPS) is 27.1. The summed E-state index contributed by atoms with van der Waals surface area (Å²) in [5.41, 5.74) is 1.78. The number of carbonyl (C=O) groups is 1. The zero-order chi connectivity index (χ0) is 16.8. The number of ether oxygens (including phenoxy) is 2. The van der Waals surface area contributed by atoms with Gasteiger partial charge in [0.2, 0.25) is 0 Å². The largest absolute Gasteiger partial charge is 0.462 e. The van der Waals surface area contributed by atoms with Gasteiger partial charge in [-0.15, -0.1) is 0 Å². The lowest BCUT2D eigenvalue weighted by atomic mass is 9.88. The van der Waals surface area contributed by atoms with Crippen molar-refractivity contribution in [2.24, 2.45) is 0 Å². The van der Waals surface area contributed by atoms with Gasteiger partial charge in [-0.1, -0.05) is 36.4 Å². The molecule has 2 aromatic rings. The van der Waals surface area contributed by atoms with Crippen LogP contribution in [0, 0.1) is 0 Å². The molecule has 128 valence electrons. The minimum atomic E-state index is -0.409. The van der Waals surface area contributed by atoms with E-state index < -0.39 is 5.92 Å². The number of rotatable bonds is 2. The Morgan fingerprint density at radius 1 is 0.920 bits per heavy atom. The van der Waals surface area contributed by atoms with Crippen LogP contribution in [0.15, 0.2) is 48.5 Å². The predicted octanol–water partition coefficient (Wildman–Crippen LogP) is 3.75. The number of benzene rings is 2. The molecular formula is C21H21NO3. The molecule has 4 nitrogen and oxygen atoms in total. The molecule has 2 bridgehead atoms. The first kappa shape index (κ1) is 15.0. The third kappa shape index (κ3) is 2.61. The number of para-hydroxylation sites is 2. The fourth-order valence-electron chi connectivity index (χ4n) is 4.50. The molecular weight excluding hydrogens is 314 g/mol. The van der Waals surface area contributed by atoms with Crippen molar-refractivity contribution < 1.29 is 14.3 Å². The summed E-state index contributed by atoms with van der Waals surface area (Å²) in [6.07, 6.45) is 4.26. The lowest BCUT2D eigenvalue weighted by molar-refractivity contribution is -0.151. The van der Waals surface area contributed by atoms with E-state index >= 15 is 0 Å². The molecule has 25 heavy (non-hydrogen) atoms. The van der Waals surface area contributed by atoms with Gasteiger partial charge in [0.25, 0.3) is 0 Å². The molecule has 3 heterocycles. The SMILES string of the molecule is O=C(OC1C[C@H]2CC[C@@H](C1)N2)C1c2ccccc2Oc2ccccc21. The van der Waals surface area contributed by atoms with Gasteiger partial charge in [-0.25, -0.2) is 0 Å². The fraction of sp³-hybridized carbons (Fsp3) is 0.381. The minimum Gasteiger partial charge on any atom is -0.462 e. The molecule has 2 fully saturated rings. The summed E-state index contributed by atoms with van der Waals surface area (Å²) in [4.78, 5) is 13.1. The summed E-state index contributed by atoms with van der Waals surface area (Å²) in [5, 5.41) is 3.59. The minimum absolute atomic E-state index is 0.0217. The first-order chi connectivity index (χ1) is 12.3. The smallest absolute Gasteiger partial charge is 0.318 e. The molecule has 4 heteroatoms.